The Bertz CT molecular complexity index is 874. The van der Waals surface area contributed by atoms with E-state index in [0.29, 0.717) is 5.92 Å². The molecular weight excluding hydrogens is 320 g/mol. The van der Waals surface area contributed by atoms with E-state index in [-0.39, 0.29) is 0 Å². The maximum absolute atomic E-state index is 3.74. The van der Waals surface area contributed by atoms with Crippen molar-refractivity contribution in [3.05, 3.63) is 87.4 Å². The Balaban J connectivity index is 1.89. The monoisotopic (exact) mass is 334 g/mol. The lowest BCUT2D eigenvalue weighted by atomic mass is 9.91. The number of rotatable bonds is 1. The number of allylic oxidation sites excluding steroid dienone is 1. The van der Waals surface area contributed by atoms with Crippen LogP contribution >= 0.6 is 15.9 Å². The number of hydrogen-bond donors (Lipinski definition) is 0. The summed E-state index contributed by atoms with van der Waals surface area (Å²) in [5.74, 6) is 0.373. The molecule has 0 radical (unpaired) electrons. The van der Waals surface area contributed by atoms with Gasteiger partial charge in [0.05, 0.1) is 0 Å². The zero-order valence-electron chi connectivity index (χ0n) is 11.8. The third kappa shape index (κ3) is 2.04. The minimum atomic E-state index is 0.373. The largest absolute Gasteiger partial charge is 0.0720 e. The van der Waals surface area contributed by atoms with E-state index < -0.39 is 0 Å². The molecule has 1 unspecified atom stereocenters. The zero-order chi connectivity index (χ0) is 14.4. The van der Waals surface area contributed by atoms with Gasteiger partial charge in [-0.05, 0) is 61.9 Å². The van der Waals surface area contributed by atoms with Gasteiger partial charge in [-0.15, -0.1) is 0 Å². The van der Waals surface area contributed by atoms with Gasteiger partial charge in [0.15, 0.2) is 0 Å². The molecule has 0 aliphatic heterocycles. The second-order valence-electron chi connectivity index (χ2n) is 5.64. The highest BCUT2D eigenvalue weighted by atomic mass is 79.9. The van der Waals surface area contributed by atoms with E-state index in [2.05, 4.69) is 89.6 Å². The van der Waals surface area contributed by atoms with Crippen LogP contribution in [0.4, 0.5) is 0 Å². The highest BCUT2D eigenvalue weighted by molar-refractivity contribution is 9.10. The van der Waals surface area contributed by atoms with Crippen LogP contribution in [0.5, 0.6) is 0 Å². The van der Waals surface area contributed by atoms with E-state index in [1.807, 2.05) is 0 Å². The molecule has 0 nitrogen and oxygen atoms in total. The molecule has 0 spiro atoms. The Morgan fingerprint density at radius 1 is 0.952 bits per heavy atom. The van der Waals surface area contributed by atoms with Crippen molar-refractivity contribution < 1.29 is 0 Å². The molecule has 0 fully saturated rings. The molecule has 0 amide bonds. The normalized spacial score (nSPS) is 16.4. The summed E-state index contributed by atoms with van der Waals surface area (Å²) in [7, 11) is 0. The van der Waals surface area contributed by atoms with Crippen molar-refractivity contribution in [2.75, 3.05) is 0 Å². The number of benzene rings is 3. The summed E-state index contributed by atoms with van der Waals surface area (Å²) in [5, 5.41) is 2.58. The summed E-state index contributed by atoms with van der Waals surface area (Å²) in [4.78, 5) is 0. The first-order valence-corrected chi connectivity index (χ1v) is 7.99. The Labute approximate surface area is 133 Å². The summed E-state index contributed by atoms with van der Waals surface area (Å²) in [6, 6.07) is 19.8. The molecule has 1 heteroatoms. The highest BCUT2D eigenvalue weighted by Crippen LogP contribution is 2.37. The maximum Gasteiger partial charge on any atom is 0.0283 e. The van der Waals surface area contributed by atoms with Crippen LogP contribution in [-0.4, -0.2) is 0 Å². The first-order valence-electron chi connectivity index (χ1n) is 7.20. The van der Waals surface area contributed by atoms with Crippen LogP contribution in [0.3, 0.4) is 0 Å². The SMILES string of the molecule is Cc1ccc2ccc(C3C=Cc4ccccc43)cc2c1Br. The topological polar surface area (TPSA) is 0 Å². The van der Waals surface area contributed by atoms with Crippen LogP contribution < -0.4 is 0 Å². The van der Waals surface area contributed by atoms with E-state index in [9.17, 15) is 0 Å². The molecule has 3 aromatic carbocycles. The number of halogens is 1. The lowest BCUT2D eigenvalue weighted by Gasteiger charge is -2.13. The molecule has 0 bridgehead atoms. The molecule has 4 rings (SSSR count). The molecule has 1 aliphatic rings. The summed E-state index contributed by atoms with van der Waals surface area (Å²) >= 11 is 3.74. The lowest BCUT2D eigenvalue weighted by Crippen LogP contribution is -1.96. The number of fused-ring (bicyclic) bond motifs is 2. The van der Waals surface area contributed by atoms with E-state index in [4.69, 9.17) is 0 Å². The predicted molar refractivity (Wildman–Crippen MR) is 93.7 cm³/mol. The van der Waals surface area contributed by atoms with Gasteiger partial charge in [0, 0.05) is 10.4 Å². The standard InChI is InChI=1S/C20H15Br/c1-13-6-7-15-8-9-16(12-19(15)20(13)21)18-11-10-14-4-2-3-5-17(14)18/h2-12,18H,1H3. The first kappa shape index (κ1) is 12.8. The molecule has 0 heterocycles. The Kier molecular flexibility index (Phi) is 2.97. The maximum atomic E-state index is 3.74. The average Bonchev–Trinajstić information content (AvgIpc) is 2.95. The van der Waals surface area contributed by atoms with Crippen LogP contribution in [0.25, 0.3) is 16.8 Å². The zero-order valence-corrected chi connectivity index (χ0v) is 13.4. The first-order chi connectivity index (χ1) is 10.2. The number of hydrogen-bond acceptors (Lipinski definition) is 0. The summed E-state index contributed by atoms with van der Waals surface area (Å²) in [6.45, 7) is 2.14. The van der Waals surface area contributed by atoms with Crippen molar-refractivity contribution in [3.8, 4) is 0 Å². The van der Waals surface area contributed by atoms with Gasteiger partial charge in [0.2, 0.25) is 0 Å². The van der Waals surface area contributed by atoms with Crippen molar-refractivity contribution in [2.24, 2.45) is 0 Å². The second-order valence-corrected chi connectivity index (χ2v) is 6.44. The molecule has 1 aliphatic carbocycles. The van der Waals surface area contributed by atoms with Gasteiger partial charge < -0.3 is 0 Å². The van der Waals surface area contributed by atoms with E-state index in [1.165, 1.54) is 37.5 Å². The minimum absolute atomic E-state index is 0.373. The highest BCUT2D eigenvalue weighted by Gasteiger charge is 2.18. The molecule has 0 saturated heterocycles. The van der Waals surface area contributed by atoms with Crippen LogP contribution in [0.1, 0.15) is 28.2 Å². The fraction of sp³-hybridized carbons (Fsp3) is 0.100. The number of aryl methyl sites for hydroxylation is 1. The van der Waals surface area contributed by atoms with E-state index in [0.717, 1.165) is 0 Å². The van der Waals surface area contributed by atoms with Gasteiger partial charge in [-0.1, -0.05) is 60.7 Å². The van der Waals surface area contributed by atoms with Crippen LogP contribution in [0.15, 0.2) is 65.1 Å². The van der Waals surface area contributed by atoms with Gasteiger partial charge >= 0.3 is 0 Å². The summed E-state index contributed by atoms with van der Waals surface area (Å²) < 4.78 is 1.21. The van der Waals surface area contributed by atoms with Crippen molar-refractivity contribution in [3.63, 3.8) is 0 Å². The molecule has 0 N–H and O–H groups in total. The van der Waals surface area contributed by atoms with Crippen molar-refractivity contribution >= 4 is 32.8 Å². The second kappa shape index (κ2) is 4.85. The van der Waals surface area contributed by atoms with E-state index in [1.54, 1.807) is 0 Å². The Morgan fingerprint density at radius 2 is 1.76 bits per heavy atom. The molecule has 1 atom stereocenters. The van der Waals surface area contributed by atoms with Gasteiger partial charge in [-0.2, -0.15) is 0 Å². The van der Waals surface area contributed by atoms with Crippen LogP contribution in [0.2, 0.25) is 0 Å². The Hall–Kier alpha value is -1.86. The van der Waals surface area contributed by atoms with Gasteiger partial charge in [-0.25, -0.2) is 0 Å². The fourth-order valence-corrected chi connectivity index (χ4v) is 3.62. The van der Waals surface area contributed by atoms with Crippen LogP contribution in [0, 0.1) is 6.92 Å². The molecule has 102 valence electrons. The third-order valence-corrected chi connectivity index (χ3v) is 5.38. The van der Waals surface area contributed by atoms with Gasteiger partial charge in [0.25, 0.3) is 0 Å². The van der Waals surface area contributed by atoms with Crippen molar-refractivity contribution in [1.29, 1.82) is 0 Å². The minimum Gasteiger partial charge on any atom is -0.0720 e. The summed E-state index contributed by atoms with van der Waals surface area (Å²) in [6.07, 6.45) is 4.53. The molecule has 3 aromatic rings. The molecule has 0 aromatic heterocycles. The molecule has 0 saturated carbocycles. The quantitative estimate of drug-likeness (QED) is 0.506. The van der Waals surface area contributed by atoms with Gasteiger partial charge in [-0.3, -0.25) is 0 Å². The average molecular weight is 335 g/mol. The lowest BCUT2D eigenvalue weighted by molar-refractivity contribution is 1.05. The van der Waals surface area contributed by atoms with Gasteiger partial charge in [0.1, 0.15) is 0 Å². The predicted octanol–water partition coefficient (Wildman–Crippen LogP) is 6.07. The Morgan fingerprint density at radius 3 is 2.67 bits per heavy atom. The molecular formula is C20H15Br. The van der Waals surface area contributed by atoms with Crippen LogP contribution in [-0.2, 0) is 0 Å². The third-order valence-electron chi connectivity index (χ3n) is 4.33. The summed E-state index contributed by atoms with van der Waals surface area (Å²) in [5.41, 5.74) is 5.38. The van der Waals surface area contributed by atoms with Crippen molar-refractivity contribution in [2.45, 2.75) is 12.8 Å². The van der Waals surface area contributed by atoms with Crippen molar-refractivity contribution in [1.82, 2.24) is 0 Å². The molecule has 21 heavy (non-hydrogen) atoms. The smallest absolute Gasteiger partial charge is 0.0283 e. The fourth-order valence-electron chi connectivity index (χ4n) is 3.14. The van der Waals surface area contributed by atoms with E-state index >= 15 is 0 Å².